The molecule has 2 aliphatic heterocycles. The van der Waals surface area contributed by atoms with Crippen LogP contribution in [0.25, 0.3) is 0 Å². The van der Waals surface area contributed by atoms with E-state index in [4.69, 9.17) is 23.7 Å². The Morgan fingerprint density at radius 3 is 2.59 bits per heavy atom. The molecule has 1 N–H and O–H groups in total. The molecule has 0 aliphatic carbocycles. The summed E-state index contributed by atoms with van der Waals surface area (Å²) in [6.07, 6.45) is 0.439. The number of ether oxygens (including phenoxy) is 5. The zero-order valence-electron chi connectivity index (χ0n) is 20.6. The minimum atomic E-state index is -1.78. The van der Waals surface area contributed by atoms with E-state index in [0.29, 0.717) is 37.4 Å². The van der Waals surface area contributed by atoms with Crippen LogP contribution in [0.3, 0.4) is 0 Å². The smallest absolute Gasteiger partial charge is 0.339 e. The molecular weight excluding hydrogens is 480 g/mol. The lowest BCUT2D eigenvalue weighted by Gasteiger charge is -2.31. The van der Waals surface area contributed by atoms with Crippen molar-refractivity contribution in [3.8, 4) is 11.5 Å². The minimum Gasteiger partial charge on any atom is -0.497 e. The second-order valence-electron chi connectivity index (χ2n) is 8.94. The molecule has 2 heterocycles. The highest BCUT2D eigenvalue weighted by Crippen LogP contribution is 2.40. The monoisotopic (exact) mass is 510 g/mol. The Balaban J connectivity index is 1.49. The van der Waals surface area contributed by atoms with Gasteiger partial charge in [0.25, 0.3) is 0 Å². The molecule has 4 atom stereocenters. The van der Waals surface area contributed by atoms with Crippen LogP contribution >= 0.6 is 0 Å². The van der Waals surface area contributed by atoms with Crippen LogP contribution in [0, 0.1) is 0 Å². The van der Waals surface area contributed by atoms with Gasteiger partial charge in [-0.25, -0.2) is 4.79 Å². The molecular formula is C28H30O9. The molecule has 0 unspecified atom stereocenters. The molecule has 2 fully saturated rings. The molecule has 4 rings (SSSR count). The van der Waals surface area contributed by atoms with Crippen molar-refractivity contribution in [1.82, 2.24) is 0 Å². The Labute approximate surface area is 214 Å². The number of esters is 1. The van der Waals surface area contributed by atoms with Crippen molar-refractivity contribution in [3.63, 3.8) is 0 Å². The lowest BCUT2D eigenvalue weighted by atomic mass is 9.87. The summed E-state index contributed by atoms with van der Waals surface area (Å²) in [4.78, 5) is 38.2. The zero-order valence-corrected chi connectivity index (χ0v) is 20.6. The van der Waals surface area contributed by atoms with Crippen LogP contribution in [-0.2, 0) is 19.0 Å². The number of Topliss-reactive ketones (excluding diaryl/α,β-unsaturated/α-hetero) is 1. The zero-order chi connectivity index (χ0) is 26.4. The molecule has 0 radical (unpaired) electrons. The Hall–Kier alpha value is -3.53. The second kappa shape index (κ2) is 11.7. The molecule has 2 aliphatic rings. The van der Waals surface area contributed by atoms with Gasteiger partial charge in [-0.3, -0.25) is 9.59 Å². The molecule has 2 aromatic rings. The number of carbonyl (C=O) groups is 3. The van der Waals surface area contributed by atoms with Crippen molar-refractivity contribution in [2.24, 2.45) is 0 Å². The Morgan fingerprint density at radius 2 is 1.86 bits per heavy atom. The van der Waals surface area contributed by atoms with Crippen LogP contribution in [0.5, 0.6) is 11.5 Å². The van der Waals surface area contributed by atoms with Crippen molar-refractivity contribution in [1.29, 1.82) is 0 Å². The van der Waals surface area contributed by atoms with E-state index in [0.717, 1.165) is 0 Å². The predicted octanol–water partition coefficient (Wildman–Crippen LogP) is 2.94. The average molecular weight is 511 g/mol. The molecule has 9 heteroatoms. The van der Waals surface area contributed by atoms with E-state index in [1.807, 2.05) is 0 Å². The number of rotatable bonds is 12. The summed E-state index contributed by atoms with van der Waals surface area (Å²) in [6.45, 7) is 3.58. The van der Waals surface area contributed by atoms with Gasteiger partial charge in [0, 0.05) is 12.0 Å². The third kappa shape index (κ3) is 5.74. The topological polar surface area (TPSA) is 118 Å². The van der Waals surface area contributed by atoms with E-state index < -0.39 is 35.7 Å². The summed E-state index contributed by atoms with van der Waals surface area (Å²) in [5.74, 6) is -0.218. The first-order valence-electron chi connectivity index (χ1n) is 12.1. The van der Waals surface area contributed by atoms with E-state index in [-0.39, 0.29) is 30.1 Å². The predicted molar refractivity (Wildman–Crippen MR) is 132 cm³/mol. The van der Waals surface area contributed by atoms with Crippen LogP contribution < -0.4 is 9.47 Å². The van der Waals surface area contributed by atoms with Gasteiger partial charge < -0.3 is 28.8 Å². The number of aliphatic hydroxyl groups excluding tert-OH is 1. The maximum Gasteiger partial charge on any atom is 0.339 e. The average Bonchev–Trinajstić information content (AvgIpc) is 3.49. The molecule has 9 nitrogen and oxygen atoms in total. The number of ketones is 2. The van der Waals surface area contributed by atoms with Crippen molar-refractivity contribution in [2.45, 2.75) is 43.2 Å². The fourth-order valence-electron chi connectivity index (χ4n) is 4.44. The number of fused-ring (bicyclic) bond motifs is 1. The highest BCUT2D eigenvalue weighted by Gasteiger charge is 2.63. The number of hydrogen-bond donors (Lipinski definition) is 1. The summed E-state index contributed by atoms with van der Waals surface area (Å²) >= 11 is 0. The van der Waals surface area contributed by atoms with E-state index in [1.54, 1.807) is 42.5 Å². The van der Waals surface area contributed by atoms with E-state index in [1.165, 1.54) is 19.3 Å². The maximum atomic E-state index is 13.8. The molecule has 0 bridgehead atoms. The van der Waals surface area contributed by atoms with Gasteiger partial charge in [-0.1, -0.05) is 12.6 Å². The SMILES string of the molecule is C=CC(=O)CCCCOc1ccc(C(=O)[C@]2(OC(=O)c3cccc(OC)c3)CO[C@@H]3[C@H](O)CO[C@@H]32)cc1. The normalized spacial score (nSPS) is 24.2. The summed E-state index contributed by atoms with van der Waals surface area (Å²) in [5, 5.41) is 10.2. The van der Waals surface area contributed by atoms with Crippen molar-refractivity contribution >= 4 is 17.5 Å². The van der Waals surface area contributed by atoms with Crippen LogP contribution in [-0.4, -0.2) is 73.5 Å². The highest BCUT2D eigenvalue weighted by atomic mass is 16.6. The lowest BCUT2D eigenvalue weighted by Crippen LogP contribution is -2.54. The standard InChI is InChI=1S/C28H30O9/c1-3-20(29)8-4-5-14-34-21-12-10-18(11-13-21)25(31)28(17-36-24-23(30)16-35-26(24)28)37-27(32)19-7-6-9-22(15-19)33-2/h3,6-7,9-13,15,23-24,26,30H,1,4-5,8,14,16-17H2,2H3/t23-,24-,26+,28-/m1/s1. The summed E-state index contributed by atoms with van der Waals surface area (Å²) in [6, 6.07) is 12.9. The molecule has 2 aromatic carbocycles. The van der Waals surface area contributed by atoms with Gasteiger partial charge in [0.2, 0.25) is 11.4 Å². The summed E-state index contributed by atoms with van der Waals surface area (Å²) in [7, 11) is 1.48. The Morgan fingerprint density at radius 1 is 1.08 bits per heavy atom. The second-order valence-corrected chi connectivity index (χ2v) is 8.94. The van der Waals surface area contributed by atoms with Crippen molar-refractivity contribution in [3.05, 3.63) is 72.3 Å². The highest BCUT2D eigenvalue weighted by molar-refractivity contribution is 6.05. The number of methoxy groups -OCH3 is 1. The molecule has 196 valence electrons. The number of unbranched alkanes of at least 4 members (excludes halogenated alkanes) is 1. The molecule has 2 saturated heterocycles. The molecule has 0 amide bonds. The number of allylic oxidation sites excluding steroid dienone is 1. The van der Waals surface area contributed by atoms with Crippen molar-refractivity contribution in [2.75, 3.05) is 26.9 Å². The summed E-state index contributed by atoms with van der Waals surface area (Å²) in [5.41, 5.74) is -1.30. The third-order valence-electron chi connectivity index (χ3n) is 6.47. The quantitative estimate of drug-likeness (QED) is 0.199. The van der Waals surface area contributed by atoms with E-state index >= 15 is 0 Å². The van der Waals surface area contributed by atoms with Gasteiger partial charge in [-0.2, -0.15) is 0 Å². The minimum absolute atomic E-state index is 0.000731. The van der Waals surface area contributed by atoms with E-state index in [2.05, 4.69) is 6.58 Å². The van der Waals surface area contributed by atoms with Crippen LogP contribution in [0.1, 0.15) is 40.0 Å². The van der Waals surface area contributed by atoms with Gasteiger partial charge in [0.15, 0.2) is 5.78 Å². The van der Waals surface area contributed by atoms with Crippen LogP contribution in [0.15, 0.2) is 61.2 Å². The van der Waals surface area contributed by atoms with Gasteiger partial charge in [-0.15, -0.1) is 0 Å². The first kappa shape index (κ1) is 26.5. The largest absolute Gasteiger partial charge is 0.497 e. The number of carbonyl (C=O) groups excluding carboxylic acids is 3. The Bertz CT molecular complexity index is 1140. The van der Waals surface area contributed by atoms with Gasteiger partial charge in [-0.05, 0) is 61.4 Å². The van der Waals surface area contributed by atoms with Gasteiger partial charge in [0.05, 0.1) is 32.5 Å². The van der Waals surface area contributed by atoms with Gasteiger partial charge in [0.1, 0.15) is 29.8 Å². The summed E-state index contributed by atoms with van der Waals surface area (Å²) < 4.78 is 28.1. The van der Waals surface area contributed by atoms with Crippen molar-refractivity contribution < 1.29 is 43.2 Å². The first-order valence-corrected chi connectivity index (χ1v) is 12.1. The third-order valence-corrected chi connectivity index (χ3v) is 6.47. The fraction of sp³-hybridized carbons (Fsp3) is 0.393. The first-order chi connectivity index (χ1) is 17.9. The maximum absolute atomic E-state index is 13.8. The number of hydrogen-bond acceptors (Lipinski definition) is 9. The van der Waals surface area contributed by atoms with Crippen LogP contribution in [0.2, 0.25) is 0 Å². The van der Waals surface area contributed by atoms with Gasteiger partial charge >= 0.3 is 5.97 Å². The molecule has 37 heavy (non-hydrogen) atoms. The lowest BCUT2D eigenvalue weighted by molar-refractivity contribution is -0.114. The number of aliphatic hydroxyl groups is 1. The van der Waals surface area contributed by atoms with Crippen LogP contribution in [0.4, 0.5) is 0 Å². The Kier molecular flexibility index (Phi) is 8.38. The fourth-order valence-corrected chi connectivity index (χ4v) is 4.44. The molecule has 0 aromatic heterocycles. The molecule has 0 spiro atoms. The van der Waals surface area contributed by atoms with E-state index in [9.17, 15) is 19.5 Å². The number of benzene rings is 2. The molecule has 0 saturated carbocycles.